The average Bonchev–Trinajstić information content (AvgIpc) is 3.47. The highest BCUT2D eigenvalue weighted by molar-refractivity contribution is 5.71. The molecule has 0 amide bonds. The molecule has 6 heteroatoms. The average molecular weight is 1150 g/mol. The maximum Gasteiger partial charge on any atom is 0.306 e. The van der Waals surface area contributed by atoms with Crippen LogP contribution in [0.1, 0.15) is 400 Å². The summed E-state index contributed by atoms with van der Waals surface area (Å²) in [5.74, 6) is -0.870. The Morgan fingerprint density at radius 2 is 0.463 bits per heavy atom. The fourth-order valence-corrected chi connectivity index (χ4v) is 11.0. The van der Waals surface area contributed by atoms with Gasteiger partial charge >= 0.3 is 17.9 Å². The zero-order valence-electron chi connectivity index (χ0n) is 55.3. The maximum absolute atomic E-state index is 12.9. The third-order valence-corrected chi connectivity index (χ3v) is 16.5. The lowest BCUT2D eigenvalue weighted by molar-refractivity contribution is -0.167. The molecule has 0 aliphatic rings. The summed E-state index contributed by atoms with van der Waals surface area (Å²) in [6, 6.07) is 0. The Hall–Kier alpha value is -2.63. The standard InChI is InChI=1S/C76H140O6/c1-4-7-10-13-16-19-22-25-27-29-31-32-33-34-35-36-37-38-39-40-41-42-43-45-46-48-51-54-57-60-63-66-69-75(78)81-72-73(71-80-74(77)68-65-62-59-56-53-50-24-21-18-15-12-9-6-3)82-76(79)70-67-64-61-58-55-52-49-47-44-30-28-26-23-20-17-14-11-8-5-2/h12,15,17,20-21,24,26,28,73H,4-11,13-14,16,18-19,22-23,25,27,29-72H2,1-3H3/b15-12-,20-17-,24-21-,28-26-. The van der Waals surface area contributed by atoms with Crippen molar-refractivity contribution >= 4 is 17.9 Å². The Morgan fingerprint density at radius 3 is 0.744 bits per heavy atom. The zero-order valence-corrected chi connectivity index (χ0v) is 55.3. The molecule has 0 bridgehead atoms. The first kappa shape index (κ1) is 79.4. The molecule has 0 radical (unpaired) electrons. The minimum Gasteiger partial charge on any atom is -0.462 e. The Morgan fingerprint density at radius 1 is 0.244 bits per heavy atom. The van der Waals surface area contributed by atoms with Gasteiger partial charge < -0.3 is 14.2 Å². The van der Waals surface area contributed by atoms with Crippen molar-refractivity contribution in [3.63, 3.8) is 0 Å². The number of hydrogen-bond donors (Lipinski definition) is 0. The van der Waals surface area contributed by atoms with E-state index in [1.807, 2.05) is 0 Å². The van der Waals surface area contributed by atoms with E-state index in [4.69, 9.17) is 14.2 Å². The highest BCUT2D eigenvalue weighted by Crippen LogP contribution is 2.19. The molecule has 1 unspecified atom stereocenters. The van der Waals surface area contributed by atoms with Crippen LogP contribution < -0.4 is 0 Å². The smallest absolute Gasteiger partial charge is 0.306 e. The van der Waals surface area contributed by atoms with Crippen molar-refractivity contribution in [2.45, 2.75) is 406 Å². The number of unbranched alkanes of at least 4 members (excludes halogenated alkanes) is 49. The lowest BCUT2D eigenvalue weighted by Crippen LogP contribution is -2.30. The second-order valence-electron chi connectivity index (χ2n) is 24.9. The van der Waals surface area contributed by atoms with E-state index in [1.54, 1.807) is 0 Å². The van der Waals surface area contributed by atoms with E-state index >= 15 is 0 Å². The van der Waals surface area contributed by atoms with Crippen LogP contribution in [0.4, 0.5) is 0 Å². The van der Waals surface area contributed by atoms with Crippen LogP contribution in [-0.4, -0.2) is 37.2 Å². The van der Waals surface area contributed by atoms with Gasteiger partial charge in [0, 0.05) is 19.3 Å². The molecule has 82 heavy (non-hydrogen) atoms. The lowest BCUT2D eigenvalue weighted by atomic mass is 10.0. The number of rotatable bonds is 68. The molecule has 0 aromatic rings. The predicted molar refractivity (Wildman–Crippen MR) is 358 cm³/mol. The summed E-state index contributed by atoms with van der Waals surface area (Å²) in [5.41, 5.74) is 0. The van der Waals surface area contributed by atoms with Crippen molar-refractivity contribution in [1.29, 1.82) is 0 Å². The first-order valence-electron chi connectivity index (χ1n) is 36.6. The quantitative estimate of drug-likeness (QED) is 0.0261. The highest BCUT2D eigenvalue weighted by atomic mass is 16.6. The molecule has 0 heterocycles. The molecule has 0 aliphatic carbocycles. The molecule has 6 nitrogen and oxygen atoms in total. The topological polar surface area (TPSA) is 78.9 Å². The van der Waals surface area contributed by atoms with E-state index in [0.29, 0.717) is 19.3 Å². The molecule has 0 spiro atoms. The van der Waals surface area contributed by atoms with Crippen molar-refractivity contribution in [2.75, 3.05) is 13.2 Å². The van der Waals surface area contributed by atoms with Gasteiger partial charge in [0.15, 0.2) is 6.10 Å². The highest BCUT2D eigenvalue weighted by Gasteiger charge is 2.19. The first-order chi connectivity index (χ1) is 40.5. The molecule has 0 aliphatic heterocycles. The Kier molecular flexibility index (Phi) is 68.6. The minimum absolute atomic E-state index is 0.0756. The molecular weight excluding hydrogens is 1010 g/mol. The van der Waals surface area contributed by atoms with Gasteiger partial charge in [0.05, 0.1) is 0 Å². The SMILES string of the molecule is CCC/C=C\C/C=C\CCCCCCCC(=O)OCC(COC(=O)CCCCCCCCCCCCCCCCCCCCCCCCCCCCCCCCCC)OC(=O)CCCCCCCCCCC/C=C\C/C=C\CCCCC. The van der Waals surface area contributed by atoms with Crippen molar-refractivity contribution in [2.24, 2.45) is 0 Å². The van der Waals surface area contributed by atoms with E-state index in [2.05, 4.69) is 69.4 Å². The van der Waals surface area contributed by atoms with Crippen molar-refractivity contribution < 1.29 is 28.6 Å². The van der Waals surface area contributed by atoms with Crippen molar-refractivity contribution in [3.8, 4) is 0 Å². The molecule has 0 fully saturated rings. The molecule has 1 atom stereocenters. The van der Waals surface area contributed by atoms with Crippen LogP contribution >= 0.6 is 0 Å². The minimum atomic E-state index is -0.781. The molecule has 0 aromatic heterocycles. The van der Waals surface area contributed by atoms with Gasteiger partial charge in [0.2, 0.25) is 0 Å². The van der Waals surface area contributed by atoms with Gasteiger partial charge in [-0.3, -0.25) is 14.4 Å². The maximum atomic E-state index is 12.9. The number of carbonyl (C=O) groups excluding carboxylic acids is 3. The fourth-order valence-electron chi connectivity index (χ4n) is 11.0. The summed E-state index contributed by atoms with van der Waals surface area (Å²) in [6.07, 6.45) is 90.2. The number of esters is 3. The van der Waals surface area contributed by atoms with Crippen LogP contribution in [0.3, 0.4) is 0 Å². The third kappa shape index (κ3) is 68.2. The van der Waals surface area contributed by atoms with Crippen LogP contribution in [-0.2, 0) is 28.6 Å². The van der Waals surface area contributed by atoms with E-state index in [1.165, 1.54) is 270 Å². The molecule has 480 valence electrons. The van der Waals surface area contributed by atoms with Gasteiger partial charge in [-0.25, -0.2) is 0 Å². The molecule has 0 saturated heterocycles. The molecule has 0 rings (SSSR count). The Bertz CT molecular complexity index is 1410. The van der Waals surface area contributed by atoms with Gasteiger partial charge in [-0.1, -0.05) is 352 Å². The van der Waals surface area contributed by atoms with Crippen LogP contribution in [0, 0.1) is 0 Å². The Labute approximate surface area is 511 Å². The predicted octanol–water partition coefficient (Wildman–Crippen LogP) is 25.3. The van der Waals surface area contributed by atoms with Crippen molar-refractivity contribution in [1.82, 2.24) is 0 Å². The van der Waals surface area contributed by atoms with Gasteiger partial charge in [-0.05, 0) is 77.0 Å². The summed E-state index contributed by atoms with van der Waals surface area (Å²) in [4.78, 5) is 38.4. The van der Waals surface area contributed by atoms with Gasteiger partial charge in [-0.2, -0.15) is 0 Å². The largest absolute Gasteiger partial charge is 0.462 e. The van der Waals surface area contributed by atoms with Gasteiger partial charge in [-0.15, -0.1) is 0 Å². The molecule has 0 aromatic carbocycles. The van der Waals surface area contributed by atoms with Gasteiger partial charge in [0.25, 0.3) is 0 Å². The first-order valence-corrected chi connectivity index (χ1v) is 36.6. The van der Waals surface area contributed by atoms with Crippen molar-refractivity contribution in [3.05, 3.63) is 48.6 Å². The summed E-state index contributed by atoms with van der Waals surface area (Å²) in [6.45, 7) is 6.60. The van der Waals surface area contributed by atoms with Gasteiger partial charge in [0.1, 0.15) is 13.2 Å². The molecule has 0 N–H and O–H groups in total. The summed E-state index contributed by atoms with van der Waals surface area (Å²) in [5, 5.41) is 0. The van der Waals surface area contributed by atoms with Crippen LogP contribution in [0.15, 0.2) is 48.6 Å². The summed E-state index contributed by atoms with van der Waals surface area (Å²) in [7, 11) is 0. The second-order valence-corrected chi connectivity index (χ2v) is 24.9. The number of carbonyl (C=O) groups is 3. The van der Waals surface area contributed by atoms with Crippen LogP contribution in [0.5, 0.6) is 0 Å². The Balaban J connectivity index is 4.13. The molecule has 0 saturated carbocycles. The number of hydrogen-bond acceptors (Lipinski definition) is 6. The molecular formula is C76H140O6. The third-order valence-electron chi connectivity index (χ3n) is 16.5. The van der Waals surface area contributed by atoms with E-state index in [-0.39, 0.29) is 31.1 Å². The summed E-state index contributed by atoms with van der Waals surface area (Å²) >= 11 is 0. The van der Waals surface area contributed by atoms with E-state index in [0.717, 1.165) is 89.9 Å². The fraction of sp³-hybridized carbons (Fsp3) is 0.855. The number of ether oxygens (including phenoxy) is 3. The number of allylic oxidation sites excluding steroid dienone is 8. The monoisotopic (exact) mass is 1150 g/mol. The van der Waals surface area contributed by atoms with E-state index < -0.39 is 6.10 Å². The van der Waals surface area contributed by atoms with E-state index in [9.17, 15) is 14.4 Å². The van der Waals surface area contributed by atoms with Crippen LogP contribution in [0.2, 0.25) is 0 Å². The lowest BCUT2D eigenvalue weighted by Gasteiger charge is -2.18. The van der Waals surface area contributed by atoms with Crippen LogP contribution in [0.25, 0.3) is 0 Å². The normalized spacial score (nSPS) is 12.3. The zero-order chi connectivity index (χ0) is 59.2. The summed E-state index contributed by atoms with van der Waals surface area (Å²) < 4.78 is 17.0. The second kappa shape index (κ2) is 70.9.